The van der Waals surface area contributed by atoms with Crippen molar-refractivity contribution in [1.29, 1.82) is 0 Å². The number of anilines is 1. The van der Waals surface area contributed by atoms with Crippen molar-refractivity contribution in [3.8, 4) is 5.75 Å². The summed E-state index contributed by atoms with van der Waals surface area (Å²) in [5, 5.41) is 5.58. The Hall–Kier alpha value is -1.19. The van der Waals surface area contributed by atoms with E-state index in [0.717, 1.165) is 15.8 Å². The van der Waals surface area contributed by atoms with Crippen LogP contribution in [-0.4, -0.2) is 6.10 Å². The Morgan fingerprint density at radius 2 is 1.95 bits per heavy atom. The summed E-state index contributed by atoms with van der Waals surface area (Å²) in [6.07, 6.45) is 5.39. The highest BCUT2D eigenvalue weighted by Gasteiger charge is 2.16. The lowest BCUT2D eigenvalue weighted by molar-refractivity contribution is 0.210. The Labute approximate surface area is 135 Å². The van der Waals surface area contributed by atoms with Gasteiger partial charge in [-0.05, 0) is 73.9 Å². The third kappa shape index (κ3) is 3.92. The van der Waals surface area contributed by atoms with Gasteiger partial charge in [0.05, 0.1) is 10.4 Å². The number of benzene rings is 1. The van der Waals surface area contributed by atoms with Crippen LogP contribution in [0.25, 0.3) is 0 Å². The summed E-state index contributed by atoms with van der Waals surface area (Å²) in [6, 6.07) is 10.5. The molecule has 1 fully saturated rings. The van der Waals surface area contributed by atoms with E-state index in [-0.39, 0.29) is 6.04 Å². The quantitative estimate of drug-likeness (QED) is 0.740. The van der Waals surface area contributed by atoms with Crippen LogP contribution in [-0.2, 0) is 0 Å². The van der Waals surface area contributed by atoms with Gasteiger partial charge in [-0.3, -0.25) is 0 Å². The van der Waals surface area contributed by atoms with Gasteiger partial charge in [-0.2, -0.15) is 0 Å². The average molecular weight is 322 g/mol. The van der Waals surface area contributed by atoms with Crippen molar-refractivity contribution in [2.45, 2.75) is 44.8 Å². The van der Waals surface area contributed by atoms with Gasteiger partial charge < -0.3 is 10.1 Å². The first-order chi connectivity index (χ1) is 10.2. The van der Waals surface area contributed by atoms with E-state index in [1.165, 1.54) is 31.2 Å². The molecule has 1 N–H and O–H groups in total. The highest BCUT2D eigenvalue weighted by atomic mass is 35.5. The summed E-state index contributed by atoms with van der Waals surface area (Å²) >= 11 is 7.55. The maximum atomic E-state index is 5.98. The molecule has 112 valence electrons. The van der Waals surface area contributed by atoms with Crippen LogP contribution in [0.2, 0.25) is 4.34 Å². The average Bonchev–Trinajstić information content (AvgIpc) is 3.12. The molecule has 3 rings (SSSR count). The van der Waals surface area contributed by atoms with Gasteiger partial charge in [0.2, 0.25) is 0 Å². The smallest absolute Gasteiger partial charge is 0.119 e. The monoisotopic (exact) mass is 321 g/mol. The van der Waals surface area contributed by atoms with Crippen LogP contribution in [0.1, 0.15) is 44.2 Å². The zero-order valence-electron chi connectivity index (χ0n) is 12.1. The molecule has 0 bridgehead atoms. The molecule has 21 heavy (non-hydrogen) atoms. The SMILES string of the molecule is CC(Nc1ccc(OC2CCCC2)cc1)c1csc(Cl)c1. The van der Waals surface area contributed by atoms with Crippen molar-refractivity contribution in [3.63, 3.8) is 0 Å². The summed E-state index contributed by atoms with van der Waals surface area (Å²) in [5.74, 6) is 0.971. The lowest BCUT2D eigenvalue weighted by atomic mass is 10.1. The number of hydrogen-bond acceptors (Lipinski definition) is 3. The highest BCUT2D eigenvalue weighted by molar-refractivity contribution is 7.14. The van der Waals surface area contributed by atoms with Gasteiger partial charge in [-0.1, -0.05) is 11.6 Å². The van der Waals surface area contributed by atoms with Crippen molar-refractivity contribution >= 4 is 28.6 Å². The van der Waals surface area contributed by atoms with Crippen LogP contribution in [0.4, 0.5) is 5.69 Å². The number of hydrogen-bond donors (Lipinski definition) is 1. The minimum atomic E-state index is 0.246. The van der Waals surface area contributed by atoms with E-state index in [9.17, 15) is 0 Å². The highest BCUT2D eigenvalue weighted by Crippen LogP contribution is 2.28. The van der Waals surface area contributed by atoms with E-state index in [4.69, 9.17) is 16.3 Å². The normalized spacial score (nSPS) is 16.9. The molecular weight excluding hydrogens is 302 g/mol. The van der Waals surface area contributed by atoms with Crippen LogP contribution in [0.3, 0.4) is 0 Å². The van der Waals surface area contributed by atoms with Crippen LogP contribution in [0.15, 0.2) is 35.7 Å². The van der Waals surface area contributed by atoms with Gasteiger partial charge in [0.1, 0.15) is 5.75 Å². The van der Waals surface area contributed by atoms with Crippen LogP contribution in [0, 0.1) is 0 Å². The molecule has 1 unspecified atom stereocenters. The fourth-order valence-corrected chi connectivity index (χ4v) is 3.70. The maximum absolute atomic E-state index is 5.98. The first kappa shape index (κ1) is 14.7. The van der Waals surface area contributed by atoms with E-state index in [2.05, 4.69) is 29.8 Å². The van der Waals surface area contributed by atoms with E-state index >= 15 is 0 Å². The zero-order chi connectivity index (χ0) is 14.7. The molecule has 0 aliphatic heterocycles. The standard InChI is InChI=1S/C17H20ClNOS/c1-12(13-10-17(18)21-11-13)19-14-6-8-16(9-7-14)20-15-4-2-3-5-15/h6-12,15,19H,2-5H2,1H3. The van der Waals surface area contributed by atoms with E-state index in [1.807, 2.05) is 18.2 Å². The van der Waals surface area contributed by atoms with Crippen molar-refractivity contribution in [2.75, 3.05) is 5.32 Å². The van der Waals surface area contributed by atoms with Gasteiger partial charge in [0.15, 0.2) is 0 Å². The Kier molecular flexibility index (Phi) is 4.71. The van der Waals surface area contributed by atoms with E-state index in [0.29, 0.717) is 6.10 Å². The second kappa shape index (κ2) is 6.71. The number of rotatable bonds is 5. The fraction of sp³-hybridized carbons (Fsp3) is 0.412. The van der Waals surface area contributed by atoms with Crippen LogP contribution >= 0.6 is 22.9 Å². The van der Waals surface area contributed by atoms with E-state index < -0.39 is 0 Å². The molecule has 1 aromatic carbocycles. The van der Waals surface area contributed by atoms with Gasteiger partial charge in [-0.15, -0.1) is 11.3 Å². The van der Waals surface area contributed by atoms with Crippen LogP contribution in [0.5, 0.6) is 5.75 Å². The van der Waals surface area contributed by atoms with Crippen molar-refractivity contribution < 1.29 is 4.74 Å². The summed E-state index contributed by atoms with van der Waals surface area (Å²) < 4.78 is 6.81. The topological polar surface area (TPSA) is 21.3 Å². The third-order valence-electron chi connectivity index (χ3n) is 3.93. The first-order valence-corrected chi connectivity index (χ1v) is 8.73. The summed E-state index contributed by atoms with van der Waals surface area (Å²) in [4.78, 5) is 0. The van der Waals surface area contributed by atoms with Crippen molar-refractivity contribution in [3.05, 3.63) is 45.6 Å². The second-order valence-corrected chi connectivity index (χ2v) is 7.14. The molecule has 1 aromatic heterocycles. The lowest BCUT2D eigenvalue weighted by Gasteiger charge is -2.16. The predicted octanol–water partition coefficient (Wildman–Crippen LogP) is 5.90. The molecule has 4 heteroatoms. The Balaban J connectivity index is 1.58. The Bertz CT molecular complexity index is 575. The third-order valence-corrected chi connectivity index (χ3v) is 5.04. The zero-order valence-corrected chi connectivity index (χ0v) is 13.7. The molecule has 1 aliphatic rings. The minimum Gasteiger partial charge on any atom is -0.490 e. The lowest BCUT2D eigenvalue weighted by Crippen LogP contribution is -2.11. The molecular formula is C17H20ClNOS. The van der Waals surface area contributed by atoms with Crippen LogP contribution < -0.4 is 10.1 Å². The summed E-state index contributed by atoms with van der Waals surface area (Å²) in [7, 11) is 0. The minimum absolute atomic E-state index is 0.246. The summed E-state index contributed by atoms with van der Waals surface area (Å²) in [5.41, 5.74) is 2.32. The van der Waals surface area contributed by atoms with Gasteiger partial charge in [-0.25, -0.2) is 0 Å². The second-order valence-electron chi connectivity index (χ2n) is 5.60. The number of halogens is 1. The molecule has 1 atom stereocenters. The molecule has 1 heterocycles. The molecule has 0 amide bonds. The summed E-state index contributed by atoms with van der Waals surface area (Å²) in [6.45, 7) is 2.14. The molecule has 1 aliphatic carbocycles. The Morgan fingerprint density at radius 1 is 1.24 bits per heavy atom. The maximum Gasteiger partial charge on any atom is 0.119 e. The molecule has 2 nitrogen and oxygen atoms in total. The molecule has 1 saturated carbocycles. The molecule has 0 spiro atoms. The fourth-order valence-electron chi connectivity index (χ4n) is 2.71. The van der Waals surface area contributed by atoms with Crippen molar-refractivity contribution in [1.82, 2.24) is 0 Å². The molecule has 2 aromatic rings. The largest absolute Gasteiger partial charge is 0.490 e. The number of ether oxygens (including phenoxy) is 1. The van der Waals surface area contributed by atoms with Gasteiger partial charge in [0, 0.05) is 11.7 Å². The number of nitrogens with one attached hydrogen (secondary N) is 1. The van der Waals surface area contributed by atoms with Gasteiger partial charge in [0.25, 0.3) is 0 Å². The first-order valence-electron chi connectivity index (χ1n) is 7.48. The number of thiophene rings is 1. The molecule has 0 radical (unpaired) electrons. The van der Waals surface area contributed by atoms with Gasteiger partial charge >= 0.3 is 0 Å². The Morgan fingerprint density at radius 3 is 2.57 bits per heavy atom. The van der Waals surface area contributed by atoms with Crippen molar-refractivity contribution in [2.24, 2.45) is 0 Å². The molecule has 0 saturated heterocycles. The van der Waals surface area contributed by atoms with E-state index in [1.54, 1.807) is 11.3 Å². The predicted molar refractivity (Wildman–Crippen MR) is 90.7 cm³/mol.